The van der Waals surface area contributed by atoms with Crippen LogP contribution >= 0.6 is 0 Å². The summed E-state index contributed by atoms with van der Waals surface area (Å²) in [6, 6.07) is 5.65. The lowest BCUT2D eigenvalue weighted by atomic mass is 10.0. The lowest BCUT2D eigenvalue weighted by Gasteiger charge is -2.16. The van der Waals surface area contributed by atoms with Crippen LogP contribution in [0, 0.1) is 5.92 Å². The van der Waals surface area contributed by atoms with Gasteiger partial charge in [-0.15, -0.1) is 0 Å². The third-order valence-electron chi connectivity index (χ3n) is 3.19. The first-order valence-electron chi connectivity index (χ1n) is 5.67. The lowest BCUT2D eigenvalue weighted by Crippen LogP contribution is -2.20. The summed E-state index contributed by atoms with van der Waals surface area (Å²) in [4.78, 5) is 0. The third-order valence-corrected chi connectivity index (χ3v) is 3.19. The highest BCUT2D eigenvalue weighted by Gasteiger charge is 2.23. The molecule has 0 bridgehead atoms. The van der Waals surface area contributed by atoms with Gasteiger partial charge in [-0.1, -0.05) is 0 Å². The molecule has 16 heavy (non-hydrogen) atoms. The summed E-state index contributed by atoms with van der Waals surface area (Å²) in [5, 5.41) is 3.37. The van der Waals surface area contributed by atoms with Gasteiger partial charge in [0.15, 0.2) is 0 Å². The zero-order valence-corrected chi connectivity index (χ0v) is 9.57. The van der Waals surface area contributed by atoms with Gasteiger partial charge in [-0.2, -0.15) is 0 Å². The molecule has 2 unspecified atom stereocenters. The van der Waals surface area contributed by atoms with Crippen LogP contribution in [0.4, 0.5) is 17.1 Å². The smallest absolute Gasteiger partial charge is 0.0592 e. The molecule has 0 aromatic heterocycles. The molecule has 1 aromatic carbocycles. The minimum absolute atomic E-state index is 0.346. The van der Waals surface area contributed by atoms with Crippen molar-refractivity contribution in [1.82, 2.24) is 0 Å². The first kappa shape index (κ1) is 11.1. The van der Waals surface area contributed by atoms with Crippen LogP contribution in [-0.2, 0) is 4.74 Å². The van der Waals surface area contributed by atoms with Crippen LogP contribution in [0.2, 0.25) is 0 Å². The quantitative estimate of drug-likeness (QED) is 0.679. The molecule has 0 amide bonds. The first-order chi connectivity index (χ1) is 7.66. The highest BCUT2D eigenvalue weighted by Crippen LogP contribution is 2.23. The van der Waals surface area contributed by atoms with Gasteiger partial charge in [0.2, 0.25) is 0 Å². The minimum atomic E-state index is 0.346. The molecule has 0 radical (unpaired) electrons. The second-order valence-electron chi connectivity index (χ2n) is 4.35. The SMILES string of the molecule is CC1OCCC1CNc1ccc(N)c(N)c1. The molecule has 0 saturated carbocycles. The fourth-order valence-corrected chi connectivity index (χ4v) is 1.98. The third kappa shape index (κ3) is 2.39. The second-order valence-corrected chi connectivity index (χ2v) is 4.35. The summed E-state index contributed by atoms with van der Waals surface area (Å²) in [5.41, 5.74) is 13.7. The lowest BCUT2D eigenvalue weighted by molar-refractivity contribution is 0.108. The highest BCUT2D eigenvalue weighted by molar-refractivity contribution is 5.69. The second kappa shape index (κ2) is 4.61. The van der Waals surface area contributed by atoms with Crippen molar-refractivity contribution in [3.8, 4) is 0 Å². The topological polar surface area (TPSA) is 73.3 Å². The van der Waals surface area contributed by atoms with Gasteiger partial charge >= 0.3 is 0 Å². The average molecular weight is 221 g/mol. The minimum Gasteiger partial charge on any atom is -0.397 e. The summed E-state index contributed by atoms with van der Waals surface area (Å²) in [6.07, 6.45) is 1.47. The van der Waals surface area contributed by atoms with Gasteiger partial charge in [-0.3, -0.25) is 0 Å². The van der Waals surface area contributed by atoms with E-state index in [1.54, 1.807) is 0 Å². The molecule has 1 saturated heterocycles. The van der Waals surface area contributed by atoms with Crippen molar-refractivity contribution in [2.24, 2.45) is 5.92 Å². The standard InChI is InChI=1S/C12H19N3O/c1-8-9(4-5-16-8)7-15-10-2-3-11(13)12(14)6-10/h2-3,6,8-9,15H,4-5,7,13-14H2,1H3. The van der Waals surface area contributed by atoms with Crippen LogP contribution in [0.3, 0.4) is 0 Å². The van der Waals surface area contributed by atoms with E-state index in [1.165, 1.54) is 0 Å². The number of anilines is 3. The summed E-state index contributed by atoms with van der Waals surface area (Å²) >= 11 is 0. The maximum atomic E-state index is 5.74. The average Bonchev–Trinajstić information content (AvgIpc) is 2.66. The van der Waals surface area contributed by atoms with E-state index >= 15 is 0 Å². The zero-order chi connectivity index (χ0) is 11.5. The number of rotatable bonds is 3. The van der Waals surface area contributed by atoms with Gasteiger partial charge in [-0.25, -0.2) is 0 Å². The summed E-state index contributed by atoms with van der Waals surface area (Å²) in [5.74, 6) is 0.582. The predicted molar refractivity (Wildman–Crippen MR) is 67.3 cm³/mol. The number of nitrogens with one attached hydrogen (secondary N) is 1. The molecule has 4 nitrogen and oxygen atoms in total. The van der Waals surface area contributed by atoms with Crippen LogP contribution < -0.4 is 16.8 Å². The number of hydrogen-bond donors (Lipinski definition) is 3. The molecule has 2 atom stereocenters. The highest BCUT2D eigenvalue weighted by atomic mass is 16.5. The molecule has 88 valence electrons. The Labute approximate surface area is 96.0 Å². The largest absolute Gasteiger partial charge is 0.397 e. The zero-order valence-electron chi connectivity index (χ0n) is 9.57. The van der Waals surface area contributed by atoms with Crippen molar-refractivity contribution in [2.75, 3.05) is 29.9 Å². The van der Waals surface area contributed by atoms with Crippen molar-refractivity contribution in [2.45, 2.75) is 19.4 Å². The molecule has 2 rings (SSSR count). The van der Waals surface area contributed by atoms with Gasteiger partial charge in [0, 0.05) is 24.8 Å². The first-order valence-corrected chi connectivity index (χ1v) is 5.67. The normalized spacial score (nSPS) is 24.6. The van der Waals surface area contributed by atoms with Crippen LogP contribution in [0.5, 0.6) is 0 Å². The molecule has 0 aliphatic carbocycles. The number of benzene rings is 1. The number of ether oxygens (including phenoxy) is 1. The number of nitrogens with two attached hydrogens (primary N) is 2. The molecule has 1 aromatic rings. The van der Waals surface area contributed by atoms with Crippen molar-refractivity contribution in [3.63, 3.8) is 0 Å². The van der Waals surface area contributed by atoms with E-state index in [0.29, 0.717) is 23.4 Å². The van der Waals surface area contributed by atoms with Crippen LogP contribution in [0.1, 0.15) is 13.3 Å². The Morgan fingerprint density at radius 2 is 2.19 bits per heavy atom. The molecular weight excluding hydrogens is 202 g/mol. The molecule has 1 aliphatic rings. The van der Waals surface area contributed by atoms with E-state index in [4.69, 9.17) is 16.2 Å². The van der Waals surface area contributed by atoms with Gasteiger partial charge in [0.05, 0.1) is 17.5 Å². The van der Waals surface area contributed by atoms with E-state index in [1.807, 2.05) is 18.2 Å². The fraction of sp³-hybridized carbons (Fsp3) is 0.500. The molecule has 0 spiro atoms. The Bertz CT molecular complexity index is 367. The van der Waals surface area contributed by atoms with Gasteiger partial charge < -0.3 is 21.5 Å². The van der Waals surface area contributed by atoms with E-state index in [0.717, 1.165) is 25.3 Å². The summed E-state index contributed by atoms with van der Waals surface area (Å²) in [7, 11) is 0. The van der Waals surface area contributed by atoms with Gasteiger partial charge in [-0.05, 0) is 31.5 Å². The molecule has 1 fully saturated rings. The van der Waals surface area contributed by atoms with Crippen LogP contribution in [0.15, 0.2) is 18.2 Å². The Kier molecular flexibility index (Phi) is 3.19. The molecule has 4 heteroatoms. The molecule has 1 aliphatic heterocycles. The van der Waals surface area contributed by atoms with E-state index < -0.39 is 0 Å². The number of hydrogen-bond acceptors (Lipinski definition) is 4. The fourth-order valence-electron chi connectivity index (χ4n) is 1.98. The monoisotopic (exact) mass is 221 g/mol. The predicted octanol–water partition coefficient (Wildman–Crippen LogP) is 1.69. The summed E-state index contributed by atoms with van der Waals surface area (Å²) < 4.78 is 5.51. The maximum Gasteiger partial charge on any atom is 0.0592 e. The molecular formula is C12H19N3O. The van der Waals surface area contributed by atoms with Gasteiger partial charge in [0.1, 0.15) is 0 Å². The molecule has 1 heterocycles. The molecule has 5 N–H and O–H groups in total. The van der Waals surface area contributed by atoms with Gasteiger partial charge in [0.25, 0.3) is 0 Å². The van der Waals surface area contributed by atoms with Crippen molar-refractivity contribution >= 4 is 17.1 Å². The van der Waals surface area contributed by atoms with E-state index in [2.05, 4.69) is 12.2 Å². The van der Waals surface area contributed by atoms with Crippen molar-refractivity contribution < 1.29 is 4.74 Å². The Morgan fingerprint density at radius 3 is 2.81 bits per heavy atom. The van der Waals surface area contributed by atoms with E-state index in [9.17, 15) is 0 Å². The van der Waals surface area contributed by atoms with Crippen molar-refractivity contribution in [1.29, 1.82) is 0 Å². The summed E-state index contributed by atoms with van der Waals surface area (Å²) in [6.45, 7) is 3.92. The Morgan fingerprint density at radius 1 is 1.38 bits per heavy atom. The number of nitrogen functional groups attached to an aromatic ring is 2. The van der Waals surface area contributed by atoms with Crippen LogP contribution in [0.25, 0.3) is 0 Å². The maximum absolute atomic E-state index is 5.74. The Balaban J connectivity index is 1.91. The van der Waals surface area contributed by atoms with E-state index in [-0.39, 0.29) is 0 Å². The Hall–Kier alpha value is -1.42. The van der Waals surface area contributed by atoms with Crippen molar-refractivity contribution in [3.05, 3.63) is 18.2 Å². The van der Waals surface area contributed by atoms with Crippen LogP contribution in [-0.4, -0.2) is 19.3 Å².